The Balaban J connectivity index is 4.42. The van der Waals surface area contributed by atoms with E-state index in [1.165, 1.54) is 116 Å². The molecule has 73 heavy (non-hydrogen) atoms. The molecule has 0 fully saturated rings. The molecule has 6 nitrogen and oxygen atoms in total. The van der Waals surface area contributed by atoms with E-state index >= 15 is 0 Å². The van der Waals surface area contributed by atoms with Gasteiger partial charge in [-0.25, -0.2) is 0 Å². The van der Waals surface area contributed by atoms with E-state index in [0.717, 1.165) is 135 Å². The summed E-state index contributed by atoms with van der Waals surface area (Å²) in [5, 5.41) is 0. The van der Waals surface area contributed by atoms with Crippen LogP contribution in [0.4, 0.5) is 0 Å². The summed E-state index contributed by atoms with van der Waals surface area (Å²) in [7, 11) is 0. The predicted molar refractivity (Wildman–Crippen MR) is 316 cm³/mol. The lowest BCUT2D eigenvalue weighted by atomic mass is 10.0. The van der Waals surface area contributed by atoms with Gasteiger partial charge >= 0.3 is 17.9 Å². The van der Waals surface area contributed by atoms with Crippen LogP contribution in [0.1, 0.15) is 290 Å². The van der Waals surface area contributed by atoms with Gasteiger partial charge in [0.2, 0.25) is 0 Å². The minimum absolute atomic E-state index is 0.0940. The minimum atomic E-state index is -0.802. The summed E-state index contributed by atoms with van der Waals surface area (Å²) in [6.45, 7) is 6.40. The average Bonchev–Trinajstić information content (AvgIpc) is 3.39. The summed E-state index contributed by atoms with van der Waals surface area (Å²) in [5.41, 5.74) is 0. The van der Waals surface area contributed by atoms with E-state index in [1.807, 2.05) is 0 Å². The highest BCUT2D eigenvalue weighted by molar-refractivity contribution is 5.71. The van der Waals surface area contributed by atoms with Crippen molar-refractivity contribution in [2.75, 3.05) is 13.2 Å². The number of esters is 3. The van der Waals surface area contributed by atoms with E-state index in [-0.39, 0.29) is 31.1 Å². The van der Waals surface area contributed by atoms with Crippen molar-refractivity contribution in [2.24, 2.45) is 0 Å². The summed E-state index contributed by atoms with van der Waals surface area (Å²) >= 11 is 0. The van der Waals surface area contributed by atoms with Crippen molar-refractivity contribution in [3.8, 4) is 0 Å². The molecule has 0 saturated carbocycles. The summed E-state index contributed by atoms with van der Waals surface area (Å²) in [6, 6.07) is 0. The van der Waals surface area contributed by atoms with E-state index < -0.39 is 6.10 Å². The Hall–Kier alpha value is -3.67. The first-order chi connectivity index (χ1) is 36.0. The quantitative estimate of drug-likeness (QED) is 0.0261. The van der Waals surface area contributed by atoms with E-state index in [1.54, 1.807) is 0 Å². The van der Waals surface area contributed by atoms with Crippen LogP contribution in [0.2, 0.25) is 0 Å². The summed E-state index contributed by atoms with van der Waals surface area (Å²) in [4.78, 5) is 38.3. The van der Waals surface area contributed by atoms with Crippen LogP contribution in [-0.4, -0.2) is 37.2 Å². The maximum Gasteiger partial charge on any atom is 0.306 e. The standard InChI is InChI=1S/C67H114O6/c1-4-7-10-13-16-19-22-25-28-31-32-33-34-37-39-42-45-48-51-54-57-60-66(69)72-63-64(73-67(70)61-58-55-52-49-46-43-40-36-30-27-24-21-18-15-12-9-6-3)62-71-65(68)59-56-53-50-47-44-41-38-35-29-26-23-20-17-14-11-8-5-2/h8-9,11-12,17-18,20-21,26-27,29-30,38,40-41,43,64H,4-7,10,13-16,19,22-25,28,31-37,39,42,44-63H2,1-3H3/b11-8-,12-9-,20-17-,21-18-,29-26-,30-27-,41-38-,43-40-. The topological polar surface area (TPSA) is 78.9 Å². The van der Waals surface area contributed by atoms with Crippen LogP contribution >= 0.6 is 0 Å². The Morgan fingerprint density at radius 3 is 0.836 bits per heavy atom. The number of carbonyl (C=O) groups is 3. The molecule has 0 aliphatic heterocycles. The fourth-order valence-electron chi connectivity index (χ4n) is 8.54. The Morgan fingerprint density at radius 2 is 0.534 bits per heavy atom. The van der Waals surface area contributed by atoms with Gasteiger partial charge in [0.15, 0.2) is 6.10 Å². The second kappa shape index (κ2) is 60.9. The third kappa shape index (κ3) is 59.1. The normalized spacial score (nSPS) is 12.8. The van der Waals surface area contributed by atoms with Gasteiger partial charge in [-0.05, 0) is 96.3 Å². The van der Waals surface area contributed by atoms with Crippen LogP contribution in [0.5, 0.6) is 0 Å². The molecule has 0 aromatic carbocycles. The van der Waals surface area contributed by atoms with Crippen LogP contribution in [0.3, 0.4) is 0 Å². The molecule has 1 atom stereocenters. The zero-order valence-corrected chi connectivity index (χ0v) is 47.9. The Labute approximate surface area is 451 Å². The van der Waals surface area contributed by atoms with Crippen molar-refractivity contribution >= 4 is 17.9 Å². The highest BCUT2D eigenvalue weighted by atomic mass is 16.6. The Kier molecular flexibility index (Phi) is 57.8. The van der Waals surface area contributed by atoms with Crippen molar-refractivity contribution in [3.63, 3.8) is 0 Å². The lowest BCUT2D eigenvalue weighted by Crippen LogP contribution is -2.30. The van der Waals surface area contributed by atoms with Gasteiger partial charge in [-0.2, -0.15) is 0 Å². The summed E-state index contributed by atoms with van der Waals surface area (Å²) in [6.07, 6.45) is 81.2. The van der Waals surface area contributed by atoms with E-state index in [4.69, 9.17) is 14.2 Å². The van der Waals surface area contributed by atoms with Gasteiger partial charge in [0.25, 0.3) is 0 Å². The minimum Gasteiger partial charge on any atom is -0.462 e. The highest BCUT2D eigenvalue weighted by Gasteiger charge is 2.19. The lowest BCUT2D eigenvalue weighted by molar-refractivity contribution is -0.167. The maximum atomic E-state index is 12.9. The molecule has 0 aromatic rings. The number of unbranched alkanes of at least 4 members (excludes halogenated alkanes) is 28. The molecule has 0 radical (unpaired) electrons. The van der Waals surface area contributed by atoms with Crippen LogP contribution in [0.15, 0.2) is 97.2 Å². The van der Waals surface area contributed by atoms with Gasteiger partial charge in [-0.15, -0.1) is 0 Å². The van der Waals surface area contributed by atoms with Crippen LogP contribution in [-0.2, 0) is 28.6 Å². The van der Waals surface area contributed by atoms with Gasteiger partial charge in [-0.3, -0.25) is 14.4 Å². The molecule has 0 aliphatic carbocycles. The Morgan fingerprint density at radius 1 is 0.288 bits per heavy atom. The lowest BCUT2D eigenvalue weighted by Gasteiger charge is -2.18. The number of allylic oxidation sites excluding steroid dienone is 16. The molecule has 0 spiro atoms. The second-order valence-electron chi connectivity index (χ2n) is 20.2. The van der Waals surface area contributed by atoms with Crippen LogP contribution in [0, 0.1) is 0 Å². The van der Waals surface area contributed by atoms with Crippen molar-refractivity contribution < 1.29 is 28.6 Å². The van der Waals surface area contributed by atoms with Crippen molar-refractivity contribution in [1.82, 2.24) is 0 Å². The number of rotatable bonds is 55. The first kappa shape index (κ1) is 69.3. The monoisotopic (exact) mass is 1010 g/mol. The van der Waals surface area contributed by atoms with Gasteiger partial charge in [-0.1, -0.05) is 272 Å². The largest absolute Gasteiger partial charge is 0.462 e. The third-order valence-electron chi connectivity index (χ3n) is 13.1. The molecular formula is C67H114O6. The zero-order valence-electron chi connectivity index (χ0n) is 47.9. The van der Waals surface area contributed by atoms with E-state index in [0.29, 0.717) is 19.3 Å². The first-order valence-electron chi connectivity index (χ1n) is 30.7. The van der Waals surface area contributed by atoms with Crippen LogP contribution < -0.4 is 0 Å². The van der Waals surface area contributed by atoms with E-state index in [2.05, 4.69) is 118 Å². The zero-order chi connectivity index (χ0) is 52.9. The molecule has 0 aliphatic rings. The summed E-state index contributed by atoms with van der Waals surface area (Å²) < 4.78 is 16.9. The molecular weight excluding hydrogens is 901 g/mol. The molecule has 0 bridgehead atoms. The first-order valence-corrected chi connectivity index (χ1v) is 30.7. The summed E-state index contributed by atoms with van der Waals surface area (Å²) in [5.74, 6) is -0.934. The molecule has 1 unspecified atom stereocenters. The molecule has 0 saturated heterocycles. The van der Waals surface area contributed by atoms with Crippen molar-refractivity contribution in [2.45, 2.75) is 297 Å². The molecule has 0 rings (SSSR count). The maximum absolute atomic E-state index is 12.9. The van der Waals surface area contributed by atoms with Crippen LogP contribution in [0.25, 0.3) is 0 Å². The van der Waals surface area contributed by atoms with Gasteiger partial charge in [0, 0.05) is 19.3 Å². The van der Waals surface area contributed by atoms with Gasteiger partial charge in [0.05, 0.1) is 0 Å². The van der Waals surface area contributed by atoms with E-state index in [9.17, 15) is 14.4 Å². The molecule has 6 heteroatoms. The van der Waals surface area contributed by atoms with Crippen molar-refractivity contribution in [1.29, 1.82) is 0 Å². The number of carbonyl (C=O) groups excluding carboxylic acids is 3. The fourth-order valence-corrected chi connectivity index (χ4v) is 8.54. The smallest absolute Gasteiger partial charge is 0.306 e. The molecule has 0 heterocycles. The third-order valence-corrected chi connectivity index (χ3v) is 13.1. The molecule has 0 N–H and O–H groups in total. The second-order valence-corrected chi connectivity index (χ2v) is 20.2. The van der Waals surface area contributed by atoms with Gasteiger partial charge in [0.1, 0.15) is 13.2 Å². The average molecular weight is 1020 g/mol. The SMILES string of the molecule is CC/C=C\C/C=C\C/C=C\C/C=C\CCCCCCC(=O)OCC(COC(=O)CCCCCCCCCCCCCCCCCCCCCCC)OC(=O)CCCCCC/C=C\C/C=C\C/C=C\C/C=C\CC. The molecule has 418 valence electrons. The molecule has 0 aromatic heterocycles. The number of ether oxygens (including phenoxy) is 3. The highest BCUT2D eigenvalue weighted by Crippen LogP contribution is 2.16. The number of hydrogen-bond donors (Lipinski definition) is 0. The van der Waals surface area contributed by atoms with Gasteiger partial charge < -0.3 is 14.2 Å². The Bertz CT molecular complexity index is 1440. The molecule has 0 amide bonds. The number of hydrogen-bond acceptors (Lipinski definition) is 6. The van der Waals surface area contributed by atoms with Crippen molar-refractivity contribution in [3.05, 3.63) is 97.2 Å². The predicted octanol–water partition coefficient (Wildman–Crippen LogP) is 20.9. The fraction of sp³-hybridized carbons (Fsp3) is 0.716.